The third kappa shape index (κ3) is 8.85. The lowest BCUT2D eigenvalue weighted by atomic mass is 9.79. The van der Waals surface area contributed by atoms with Crippen molar-refractivity contribution >= 4 is 0 Å². The van der Waals surface area contributed by atoms with Gasteiger partial charge >= 0.3 is 0 Å². The van der Waals surface area contributed by atoms with E-state index in [4.69, 9.17) is 0 Å². The minimum absolute atomic E-state index is 0.665. The first kappa shape index (κ1) is 22.0. The van der Waals surface area contributed by atoms with Gasteiger partial charge in [-0.1, -0.05) is 27.7 Å². The lowest BCUT2D eigenvalue weighted by Gasteiger charge is -2.32. The molecular formula is C22H46N2. The molecule has 2 N–H and O–H groups in total. The molecular weight excluding hydrogens is 292 g/mol. The molecule has 4 atom stereocenters. The summed E-state index contributed by atoms with van der Waals surface area (Å²) in [6.45, 7) is 14.0. The van der Waals surface area contributed by atoms with Crippen molar-refractivity contribution in [2.45, 2.75) is 130 Å². The molecule has 0 aromatic heterocycles. The molecule has 0 amide bonds. The van der Waals surface area contributed by atoms with Crippen molar-refractivity contribution in [2.75, 3.05) is 0 Å². The van der Waals surface area contributed by atoms with Crippen molar-refractivity contribution in [3.63, 3.8) is 0 Å². The van der Waals surface area contributed by atoms with Crippen LogP contribution in [0.3, 0.4) is 0 Å². The molecule has 24 heavy (non-hydrogen) atoms. The molecule has 1 fully saturated rings. The van der Waals surface area contributed by atoms with Crippen LogP contribution >= 0.6 is 0 Å². The summed E-state index contributed by atoms with van der Waals surface area (Å²) in [5.41, 5.74) is 0. The van der Waals surface area contributed by atoms with Crippen LogP contribution in [0, 0.1) is 11.8 Å². The summed E-state index contributed by atoms with van der Waals surface area (Å²) < 4.78 is 0. The molecule has 0 bridgehead atoms. The average Bonchev–Trinajstić information content (AvgIpc) is 2.59. The summed E-state index contributed by atoms with van der Waals surface area (Å²) in [6.07, 6.45) is 13.6. The van der Waals surface area contributed by atoms with Gasteiger partial charge in [0.2, 0.25) is 0 Å². The third-order valence-corrected chi connectivity index (χ3v) is 6.35. The van der Waals surface area contributed by atoms with E-state index in [1.807, 2.05) is 0 Å². The molecule has 2 nitrogen and oxygen atoms in total. The van der Waals surface area contributed by atoms with Gasteiger partial charge in [0.1, 0.15) is 0 Å². The number of hydrogen-bond acceptors (Lipinski definition) is 2. The highest BCUT2D eigenvalue weighted by Crippen LogP contribution is 2.31. The molecule has 0 radical (unpaired) electrons. The molecule has 0 aliphatic heterocycles. The fraction of sp³-hybridized carbons (Fsp3) is 1.00. The van der Waals surface area contributed by atoms with Gasteiger partial charge in [0.15, 0.2) is 0 Å². The standard InChI is InChI=1S/C22H46N2/c1-7-18(5)23-21(9-3)13-10-17(4)16-20-11-14-22(15-12-20)24-19(6)8-2/h17-24H,7-16H2,1-6H3. The van der Waals surface area contributed by atoms with Crippen LogP contribution in [0.2, 0.25) is 0 Å². The summed E-state index contributed by atoms with van der Waals surface area (Å²) in [5.74, 6) is 1.87. The van der Waals surface area contributed by atoms with Crippen LogP contribution in [-0.2, 0) is 0 Å². The highest BCUT2D eigenvalue weighted by Gasteiger charge is 2.23. The minimum Gasteiger partial charge on any atom is -0.312 e. The van der Waals surface area contributed by atoms with E-state index in [9.17, 15) is 0 Å². The quantitative estimate of drug-likeness (QED) is 0.462. The summed E-state index contributed by atoms with van der Waals surface area (Å²) in [5, 5.41) is 7.60. The molecule has 1 aliphatic rings. The van der Waals surface area contributed by atoms with Gasteiger partial charge < -0.3 is 10.6 Å². The van der Waals surface area contributed by atoms with Gasteiger partial charge in [-0.3, -0.25) is 0 Å². The molecule has 0 aromatic rings. The van der Waals surface area contributed by atoms with Gasteiger partial charge in [-0.05, 0) is 89.9 Å². The highest BCUT2D eigenvalue weighted by molar-refractivity contribution is 4.80. The summed E-state index contributed by atoms with van der Waals surface area (Å²) in [6, 6.07) is 2.86. The Labute approximate surface area is 152 Å². The van der Waals surface area contributed by atoms with E-state index in [0.29, 0.717) is 12.1 Å². The molecule has 0 spiro atoms. The molecule has 0 aromatic carbocycles. The first-order valence-corrected chi connectivity index (χ1v) is 11.0. The normalized spacial score (nSPS) is 26.8. The van der Waals surface area contributed by atoms with Crippen molar-refractivity contribution in [1.82, 2.24) is 10.6 Å². The largest absolute Gasteiger partial charge is 0.312 e. The molecule has 0 heterocycles. The Morgan fingerprint density at radius 1 is 0.792 bits per heavy atom. The second kappa shape index (κ2) is 12.3. The van der Waals surface area contributed by atoms with E-state index in [-0.39, 0.29) is 0 Å². The van der Waals surface area contributed by atoms with Crippen LogP contribution < -0.4 is 10.6 Å². The lowest BCUT2D eigenvalue weighted by molar-refractivity contribution is 0.236. The number of rotatable bonds is 12. The summed E-state index contributed by atoms with van der Waals surface area (Å²) in [4.78, 5) is 0. The van der Waals surface area contributed by atoms with Crippen LogP contribution in [-0.4, -0.2) is 24.2 Å². The molecule has 0 saturated heterocycles. The van der Waals surface area contributed by atoms with Crippen molar-refractivity contribution in [2.24, 2.45) is 11.8 Å². The van der Waals surface area contributed by atoms with Gasteiger partial charge in [-0.2, -0.15) is 0 Å². The fourth-order valence-electron chi connectivity index (χ4n) is 4.18. The number of nitrogens with one attached hydrogen (secondary N) is 2. The topological polar surface area (TPSA) is 24.1 Å². The molecule has 1 aliphatic carbocycles. The smallest absolute Gasteiger partial charge is 0.00697 e. The Bertz CT molecular complexity index is 296. The van der Waals surface area contributed by atoms with E-state index in [2.05, 4.69) is 52.2 Å². The van der Waals surface area contributed by atoms with Crippen molar-refractivity contribution in [1.29, 1.82) is 0 Å². The Balaban J connectivity index is 2.20. The maximum absolute atomic E-state index is 3.81. The molecule has 1 rings (SSSR count). The van der Waals surface area contributed by atoms with Gasteiger partial charge in [0, 0.05) is 24.2 Å². The van der Waals surface area contributed by atoms with Gasteiger partial charge in [-0.25, -0.2) is 0 Å². The Morgan fingerprint density at radius 3 is 1.96 bits per heavy atom. The van der Waals surface area contributed by atoms with Crippen molar-refractivity contribution < 1.29 is 0 Å². The zero-order valence-electron chi connectivity index (χ0n) is 17.5. The highest BCUT2D eigenvalue weighted by atomic mass is 14.9. The zero-order valence-corrected chi connectivity index (χ0v) is 17.5. The first-order valence-electron chi connectivity index (χ1n) is 11.0. The summed E-state index contributed by atoms with van der Waals surface area (Å²) in [7, 11) is 0. The average molecular weight is 339 g/mol. The Morgan fingerprint density at radius 2 is 1.42 bits per heavy atom. The van der Waals surface area contributed by atoms with Crippen molar-refractivity contribution in [3.05, 3.63) is 0 Å². The molecule has 2 heteroatoms. The predicted molar refractivity (Wildman–Crippen MR) is 109 cm³/mol. The van der Waals surface area contributed by atoms with Gasteiger partial charge in [-0.15, -0.1) is 0 Å². The third-order valence-electron chi connectivity index (χ3n) is 6.35. The van der Waals surface area contributed by atoms with E-state index in [0.717, 1.165) is 23.9 Å². The van der Waals surface area contributed by atoms with Gasteiger partial charge in [0.25, 0.3) is 0 Å². The maximum atomic E-state index is 3.81. The van der Waals surface area contributed by atoms with Crippen LogP contribution in [0.25, 0.3) is 0 Å². The van der Waals surface area contributed by atoms with Crippen LogP contribution in [0.15, 0.2) is 0 Å². The van der Waals surface area contributed by atoms with E-state index >= 15 is 0 Å². The van der Waals surface area contributed by atoms with E-state index in [1.165, 1.54) is 64.2 Å². The monoisotopic (exact) mass is 338 g/mol. The molecule has 1 saturated carbocycles. The predicted octanol–water partition coefficient (Wildman–Crippen LogP) is 5.91. The maximum Gasteiger partial charge on any atom is 0.00697 e. The SMILES string of the molecule is CCC(C)NC(CC)CCC(C)CC1CCC(NC(C)CC)CC1. The number of hydrogen-bond donors (Lipinski definition) is 2. The zero-order chi connectivity index (χ0) is 17.9. The molecule has 144 valence electrons. The van der Waals surface area contributed by atoms with E-state index < -0.39 is 0 Å². The van der Waals surface area contributed by atoms with Gasteiger partial charge in [0.05, 0.1) is 0 Å². The Kier molecular flexibility index (Phi) is 11.3. The van der Waals surface area contributed by atoms with E-state index in [1.54, 1.807) is 0 Å². The lowest BCUT2D eigenvalue weighted by Crippen LogP contribution is -2.39. The second-order valence-corrected chi connectivity index (χ2v) is 8.69. The second-order valence-electron chi connectivity index (χ2n) is 8.69. The van der Waals surface area contributed by atoms with Crippen LogP contribution in [0.1, 0.15) is 106 Å². The molecule has 4 unspecified atom stereocenters. The van der Waals surface area contributed by atoms with Crippen LogP contribution in [0.4, 0.5) is 0 Å². The van der Waals surface area contributed by atoms with Crippen molar-refractivity contribution in [3.8, 4) is 0 Å². The fourth-order valence-corrected chi connectivity index (χ4v) is 4.18. The first-order chi connectivity index (χ1) is 11.5. The summed E-state index contributed by atoms with van der Waals surface area (Å²) >= 11 is 0. The Hall–Kier alpha value is -0.0800. The van der Waals surface area contributed by atoms with Crippen LogP contribution in [0.5, 0.6) is 0 Å². The minimum atomic E-state index is 0.665.